The zero-order chi connectivity index (χ0) is 8.97. The molecule has 12 heavy (non-hydrogen) atoms. The predicted molar refractivity (Wildman–Crippen MR) is 55.4 cm³/mol. The number of nitrogens with zero attached hydrogens (tertiary/aromatic N) is 1. The van der Waals surface area contributed by atoms with E-state index in [4.69, 9.17) is 4.74 Å². The number of carbonyl (C=O) groups excluding carboxylic acids is 1. The minimum Gasteiger partial charge on any atom is -0.436 e. The summed E-state index contributed by atoms with van der Waals surface area (Å²) in [6.07, 6.45) is 3.32. The largest absolute Gasteiger partial charge is 0.436 e. The van der Waals surface area contributed by atoms with E-state index in [-0.39, 0.29) is 10.2 Å². The van der Waals surface area contributed by atoms with Crippen molar-refractivity contribution in [3.63, 3.8) is 0 Å². The first-order valence-electron chi connectivity index (χ1n) is 4.30. The van der Waals surface area contributed by atoms with Crippen LogP contribution in [0.25, 0.3) is 0 Å². The van der Waals surface area contributed by atoms with Crippen LogP contribution in [0.3, 0.4) is 0 Å². The van der Waals surface area contributed by atoms with Gasteiger partial charge in [0.2, 0.25) is 0 Å². The molecule has 1 fully saturated rings. The Hall–Kier alpha value is 0. The Labute approximate surface area is 86.6 Å². The molecule has 0 radical (unpaired) electrons. The molecule has 0 saturated carbocycles. The number of piperidine rings is 1. The van der Waals surface area contributed by atoms with Gasteiger partial charge < -0.3 is 9.64 Å². The Morgan fingerprint density at radius 3 is 2.50 bits per heavy atom. The highest BCUT2D eigenvalue weighted by Crippen LogP contribution is 2.11. The van der Waals surface area contributed by atoms with Gasteiger partial charge in [-0.3, -0.25) is 0 Å². The number of alkyl halides is 1. The third-order valence-electron chi connectivity index (χ3n) is 1.88. The molecule has 0 aromatic heterocycles. The Balaban J connectivity index is 2.30. The molecule has 0 bridgehead atoms. The topological polar surface area (TPSA) is 29.5 Å². The number of hydrogen-bond acceptors (Lipinski definition) is 2. The van der Waals surface area contributed by atoms with Crippen molar-refractivity contribution >= 4 is 28.7 Å². The van der Waals surface area contributed by atoms with Gasteiger partial charge in [0, 0.05) is 13.1 Å². The summed E-state index contributed by atoms with van der Waals surface area (Å²) in [7, 11) is 0. The van der Waals surface area contributed by atoms with Gasteiger partial charge in [-0.2, -0.15) is 0 Å². The summed E-state index contributed by atoms with van der Waals surface area (Å²) in [5, 5.41) is 0. The Morgan fingerprint density at radius 1 is 1.42 bits per heavy atom. The van der Waals surface area contributed by atoms with Crippen LogP contribution in [-0.2, 0) is 4.74 Å². The summed E-state index contributed by atoms with van der Waals surface area (Å²) >= 11 is 2.08. The number of ether oxygens (including phenoxy) is 1. The fourth-order valence-electron chi connectivity index (χ4n) is 1.29. The van der Waals surface area contributed by atoms with Crippen LogP contribution in [0.1, 0.15) is 26.2 Å². The molecule has 70 valence electrons. The lowest BCUT2D eigenvalue weighted by Gasteiger charge is -2.26. The van der Waals surface area contributed by atoms with Crippen molar-refractivity contribution in [3.8, 4) is 0 Å². The molecule has 1 aliphatic heterocycles. The zero-order valence-electron chi connectivity index (χ0n) is 7.25. The quantitative estimate of drug-likeness (QED) is 0.546. The number of hydrogen-bond donors (Lipinski definition) is 0. The van der Waals surface area contributed by atoms with Crippen molar-refractivity contribution in [2.45, 2.75) is 30.3 Å². The summed E-state index contributed by atoms with van der Waals surface area (Å²) < 4.78 is 5.03. The van der Waals surface area contributed by atoms with Crippen molar-refractivity contribution in [1.82, 2.24) is 4.90 Å². The summed E-state index contributed by atoms with van der Waals surface area (Å²) in [4.78, 5) is 13.1. The number of carbonyl (C=O) groups is 1. The number of rotatable bonds is 1. The van der Waals surface area contributed by atoms with E-state index in [0.717, 1.165) is 25.9 Å². The fourth-order valence-corrected chi connectivity index (χ4v) is 1.51. The van der Waals surface area contributed by atoms with Gasteiger partial charge in [-0.1, -0.05) is 0 Å². The summed E-state index contributed by atoms with van der Waals surface area (Å²) in [5.41, 5.74) is 0. The zero-order valence-corrected chi connectivity index (χ0v) is 9.41. The average Bonchev–Trinajstić information content (AvgIpc) is 2.05. The van der Waals surface area contributed by atoms with E-state index in [1.54, 1.807) is 4.90 Å². The van der Waals surface area contributed by atoms with E-state index in [2.05, 4.69) is 22.6 Å². The SMILES string of the molecule is CC(I)OC(=O)N1CCCCC1. The molecule has 0 N–H and O–H groups in total. The third-order valence-corrected chi connectivity index (χ3v) is 2.13. The maximum Gasteiger partial charge on any atom is 0.410 e. The second-order valence-electron chi connectivity index (χ2n) is 2.97. The van der Waals surface area contributed by atoms with Gasteiger partial charge >= 0.3 is 6.09 Å². The van der Waals surface area contributed by atoms with Crippen LogP contribution >= 0.6 is 22.6 Å². The number of amides is 1. The first-order valence-corrected chi connectivity index (χ1v) is 5.54. The number of likely N-dealkylation sites (tertiary alicyclic amines) is 1. The maximum absolute atomic E-state index is 11.3. The Bertz CT molecular complexity index is 155. The summed E-state index contributed by atoms with van der Waals surface area (Å²) in [6.45, 7) is 3.59. The monoisotopic (exact) mass is 283 g/mol. The van der Waals surface area contributed by atoms with Crippen molar-refractivity contribution in [2.75, 3.05) is 13.1 Å². The van der Waals surface area contributed by atoms with Gasteiger partial charge in [-0.25, -0.2) is 4.79 Å². The fraction of sp³-hybridized carbons (Fsp3) is 0.875. The van der Waals surface area contributed by atoms with Crippen LogP contribution in [0.4, 0.5) is 4.79 Å². The van der Waals surface area contributed by atoms with Crippen LogP contribution in [0, 0.1) is 0 Å². The van der Waals surface area contributed by atoms with E-state index in [1.807, 2.05) is 6.92 Å². The molecule has 3 nitrogen and oxygen atoms in total. The second-order valence-corrected chi connectivity index (χ2v) is 4.73. The minimum absolute atomic E-state index is 0.0305. The lowest BCUT2D eigenvalue weighted by molar-refractivity contribution is 0.0950. The van der Waals surface area contributed by atoms with Gasteiger partial charge in [0.1, 0.15) is 0 Å². The van der Waals surface area contributed by atoms with E-state index in [0.29, 0.717) is 0 Å². The highest BCUT2D eigenvalue weighted by atomic mass is 127. The predicted octanol–water partition coefficient (Wildman–Crippen LogP) is 2.39. The van der Waals surface area contributed by atoms with E-state index < -0.39 is 0 Å². The highest BCUT2D eigenvalue weighted by molar-refractivity contribution is 14.1. The van der Waals surface area contributed by atoms with Crippen molar-refractivity contribution in [3.05, 3.63) is 0 Å². The molecule has 1 rings (SSSR count). The second kappa shape index (κ2) is 4.89. The van der Waals surface area contributed by atoms with Gasteiger partial charge in [0.25, 0.3) is 0 Å². The molecule has 1 unspecified atom stereocenters. The van der Waals surface area contributed by atoms with Gasteiger partial charge in [0.15, 0.2) is 4.11 Å². The molecule has 0 aliphatic carbocycles. The minimum atomic E-state index is -0.156. The Kier molecular flexibility index (Phi) is 4.11. The van der Waals surface area contributed by atoms with Crippen LogP contribution < -0.4 is 0 Å². The summed E-state index contributed by atoms with van der Waals surface area (Å²) in [6, 6.07) is 0. The lowest BCUT2D eigenvalue weighted by Crippen LogP contribution is -2.36. The molecule has 4 heteroatoms. The summed E-state index contributed by atoms with van der Waals surface area (Å²) in [5.74, 6) is 0. The molecule has 1 atom stereocenters. The normalized spacial score (nSPS) is 20.3. The molecule has 1 saturated heterocycles. The van der Waals surface area contributed by atoms with Crippen molar-refractivity contribution in [1.29, 1.82) is 0 Å². The Morgan fingerprint density at radius 2 is 2.00 bits per heavy atom. The molecule has 1 amide bonds. The van der Waals surface area contributed by atoms with Gasteiger partial charge in [0.05, 0.1) is 0 Å². The third kappa shape index (κ3) is 3.16. The average molecular weight is 283 g/mol. The van der Waals surface area contributed by atoms with Crippen LogP contribution in [0.5, 0.6) is 0 Å². The molecule has 1 heterocycles. The van der Waals surface area contributed by atoms with Crippen LogP contribution in [-0.4, -0.2) is 28.2 Å². The molecule has 0 aromatic carbocycles. The van der Waals surface area contributed by atoms with Crippen molar-refractivity contribution in [2.24, 2.45) is 0 Å². The maximum atomic E-state index is 11.3. The standard InChI is InChI=1S/C8H14INO2/c1-7(9)12-8(11)10-5-3-2-4-6-10/h7H,2-6H2,1H3. The van der Waals surface area contributed by atoms with Crippen LogP contribution in [0.15, 0.2) is 0 Å². The van der Waals surface area contributed by atoms with E-state index in [9.17, 15) is 4.79 Å². The van der Waals surface area contributed by atoms with Crippen LogP contribution in [0.2, 0.25) is 0 Å². The molecule has 0 aromatic rings. The van der Waals surface area contributed by atoms with Gasteiger partial charge in [-0.05, 0) is 48.8 Å². The molecule has 1 aliphatic rings. The van der Waals surface area contributed by atoms with Gasteiger partial charge in [-0.15, -0.1) is 0 Å². The highest BCUT2D eigenvalue weighted by Gasteiger charge is 2.18. The van der Waals surface area contributed by atoms with E-state index in [1.165, 1.54) is 6.42 Å². The first-order chi connectivity index (χ1) is 5.70. The first kappa shape index (κ1) is 10.1. The molecular weight excluding hydrogens is 269 g/mol. The molecule has 0 spiro atoms. The number of halogens is 1. The van der Waals surface area contributed by atoms with Crippen molar-refractivity contribution < 1.29 is 9.53 Å². The molecular formula is C8H14INO2. The van der Waals surface area contributed by atoms with E-state index >= 15 is 0 Å². The lowest BCUT2D eigenvalue weighted by atomic mass is 10.1. The smallest absolute Gasteiger partial charge is 0.410 e.